The van der Waals surface area contributed by atoms with Gasteiger partial charge in [-0.05, 0) is 135 Å². The van der Waals surface area contributed by atoms with Crippen molar-refractivity contribution in [3.63, 3.8) is 0 Å². The number of ether oxygens (including phenoxy) is 2. The van der Waals surface area contributed by atoms with Crippen LogP contribution in [0, 0.1) is 73.9 Å². The number of hydrogen-bond acceptors (Lipinski definition) is 5. The number of carbonyl (C=O) groups excluding carboxylic acids is 2. The highest BCUT2D eigenvalue weighted by Crippen LogP contribution is 2.77. The molecule has 6 heteroatoms. The Morgan fingerprint density at radius 1 is 0.771 bits per heavy atom. The number of esters is 2. The minimum absolute atomic E-state index is 0.100. The molecule has 48 heavy (non-hydrogen) atoms. The first kappa shape index (κ1) is 36.0. The molecule has 0 unspecified atom stereocenters. The SMILES string of the molecule is C=C(C)[C@@H]1CC[C@]2(C(=O)O)CC[C@]3(C)[C@H](CC[C@@H]4[C@@]5(C)CC[C@H](OC(=O)[C@H]6C[C@@H](C(=O)OCCCC)C6(C)C)C(C)(C)[C@@H]5CC[C@]43C)[C@@H]12. The van der Waals surface area contributed by atoms with Gasteiger partial charge in [0, 0.05) is 5.41 Å². The summed E-state index contributed by atoms with van der Waals surface area (Å²) in [5, 5.41) is 10.7. The van der Waals surface area contributed by atoms with E-state index in [2.05, 4.69) is 55.0 Å². The van der Waals surface area contributed by atoms with Crippen LogP contribution in [0.15, 0.2) is 12.2 Å². The molecule has 0 bridgehead atoms. The van der Waals surface area contributed by atoms with Crippen molar-refractivity contribution >= 4 is 17.9 Å². The molecule has 0 aliphatic heterocycles. The van der Waals surface area contributed by atoms with E-state index in [4.69, 9.17) is 9.47 Å². The third-order valence-corrected chi connectivity index (χ3v) is 17.3. The second-order valence-electron chi connectivity index (χ2n) is 19.6. The van der Waals surface area contributed by atoms with Crippen LogP contribution >= 0.6 is 0 Å². The van der Waals surface area contributed by atoms with E-state index in [1.165, 1.54) is 5.57 Å². The number of fused-ring (bicyclic) bond motifs is 7. The van der Waals surface area contributed by atoms with Gasteiger partial charge < -0.3 is 14.6 Å². The first-order chi connectivity index (χ1) is 22.3. The first-order valence-corrected chi connectivity index (χ1v) is 19.6. The van der Waals surface area contributed by atoms with E-state index in [0.717, 1.165) is 77.0 Å². The van der Waals surface area contributed by atoms with E-state index < -0.39 is 16.8 Å². The van der Waals surface area contributed by atoms with Crippen LogP contribution in [0.3, 0.4) is 0 Å². The van der Waals surface area contributed by atoms with Gasteiger partial charge in [0.2, 0.25) is 0 Å². The number of hydrogen-bond donors (Lipinski definition) is 1. The molecule has 6 fully saturated rings. The van der Waals surface area contributed by atoms with Gasteiger partial charge in [-0.3, -0.25) is 14.4 Å². The molecule has 270 valence electrons. The molecule has 6 nitrogen and oxygen atoms in total. The highest BCUT2D eigenvalue weighted by Gasteiger charge is 2.72. The third kappa shape index (κ3) is 4.85. The summed E-state index contributed by atoms with van der Waals surface area (Å²) in [6, 6.07) is 0. The van der Waals surface area contributed by atoms with Crippen molar-refractivity contribution in [2.75, 3.05) is 6.61 Å². The second kappa shape index (κ2) is 11.9. The van der Waals surface area contributed by atoms with Gasteiger partial charge in [-0.2, -0.15) is 0 Å². The molecule has 0 radical (unpaired) electrons. The lowest BCUT2D eigenvalue weighted by atomic mass is 9.32. The van der Waals surface area contributed by atoms with E-state index in [-0.39, 0.29) is 57.5 Å². The van der Waals surface area contributed by atoms with Crippen LogP contribution in [0.4, 0.5) is 0 Å². The van der Waals surface area contributed by atoms with Crippen molar-refractivity contribution < 1.29 is 29.0 Å². The molecular weight excluding hydrogens is 600 g/mol. The molecule has 0 spiro atoms. The summed E-state index contributed by atoms with van der Waals surface area (Å²) in [5.74, 6) is 0.514. The van der Waals surface area contributed by atoms with Crippen molar-refractivity contribution in [2.45, 2.75) is 152 Å². The number of unbranched alkanes of at least 4 members (excludes halogenated alkanes) is 1. The Kier molecular flexibility index (Phi) is 8.88. The summed E-state index contributed by atoms with van der Waals surface area (Å²) in [7, 11) is 0. The van der Waals surface area contributed by atoms with Crippen molar-refractivity contribution in [1.82, 2.24) is 0 Å². The van der Waals surface area contributed by atoms with Gasteiger partial charge in [0.1, 0.15) is 6.10 Å². The average Bonchev–Trinajstić information content (AvgIpc) is 3.40. The van der Waals surface area contributed by atoms with Gasteiger partial charge in [-0.1, -0.05) is 74.0 Å². The van der Waals surface area contributed by atoms with Crippen molar-refractivity contribution in [2.24, 2.45) is 73.9 Å². The molecule has 0 aromatic carbocycles. The fourth-order valence-electron chi connectivity index (χ4n) is 14.1. The summed E-state index contributed by atoms with van der Waals surface area (Å²) in [6.45, 7) is 25.5. The predicted octanol–water partition coefficient (Wildman–Crippen LogP) is 9.65. The maximum Gasteiger partial charge on any atom is 0.309 e. The molecule has 0 aromatic heterocycles. The van der Waals surface area contributed by atoms with Crippen molar-refractivity contribution in [1.29, 1.82) is 0 Å². The Labute approximate surface area is 290 Å². The highest BCUT2D eigenvalue weighted by atomic mass is 16.5. The van der Waals surface area contributed by atoms with Crippen LogP contribution in [0.2, 0.25) is 0 Å². The Hall–Kier alpha value is -1.85. The molecule has 0 aromatic rings. The van der Waals surface area contributed by atoms with Crippen LogP contribution in [-0.2, 0) is 23.9 Å². The molecule has 0 amide bonds. The largest absolute Gasteiger partial charge is 0.481 e. The quantitative estimate of drug-likeness (QED) is 0.158. The molecule has 6 saturated carbocycles. The Bertz CT molecular complexity index is 1330. The number of carboxylic acids is 1. The van der Waals surface area contributed by atoms with E-state index >= 15 is 0 Å². The maximum atomic E-state index is 13.8. The molecule has 0 heterocycles. The number of aliphatic carboxylic acids is 1. The molecule has 6 rings (SSSR count). The summed E-state index contributed by atoms with van der Waals surface area (Å²) < 4.78 is 12.0. The monoisotopic (exact) mass is 666 g/mol. The van der Waals surface area contributed by atoms with Gasteiger partial charge >= 0.3 is 17.9 Å². The topological polar surface area (TPSA) is 89.9 Å². The van der Waals surface area contributed by atoms with Gasteiger partial charge in [-0.15, -0.1) is 0 Å². The van der Waals surface area contributed by atoms with Crippen LogP contribution in [0.1, 0.15) is 146 Å². The van der Waals surface area contributed by atoms with Crippen LogP contribution in [-0.4, -0.2) is 35.7 Å². The zero-order chi connectivity index (χ0) is 35.2. The Balaban J connectivity index is 1.19. The zero-order valence-electron chi connectivity index (χ0n) is 31.7. The fourth-order valence-corrected chi connectivity index (χ4v) is 14.1. The van der Waals surface area contributed by atoms with Gasteiger partial charge in [0.15, 0.2) is 0 Å². The number of carboxylic acid groups (broad SMARTS) is 1. The third-order valence-electron chi connectivity index (χ3n) is 17.3. The highest BCUT2D eigenvalue weighted by molar-refractivity contribution is 5.82. The maximum absolute atomic E-state index is 13.8. The van der Waals surface area contributed by atoms with Gasteiger partial charge in [-0.25, -0.2) is 0 Å². The Morgan fingerprint density at radius 2 is 1.46 bits per heavy atom. The lowest BCUT2D eigenvalue weighted by molar-refractivity contribution is -0.252. The second-order valence-corrected chi connectivity index (χ2v) is 19.6. The number of allylic oxidation sites excluding steroid dienone is 1. The molecular formula is C42H66O6. The lowest BCUT2D eigenvalue weighted by Crippen LogP contribution is -2.67. The van der Waals surface area contributed by atoms with E-state index in [1.807, 2.05) is 13.8 Å². The summed E-state index contributed by atoms with van der Waals surface area (Å²) in [6.07, 6.45) is 12.3. The number of carbonyl (C=O) groups is 3. The molecule has 6 aliphatic rings. The molecule has 6 aliphatic carbocycles. The van der Waals surface area contributed by atoms with Crippen LogP contribution in [0.5, 0.6) is 0 Å². The summed E-state index contributed by atoms with van der Waals surface area (Å²) in [5.41, 5.74) is 0.351. The summed E-state index contributed by atoms with van der Waals surface area (Å²) >= 11 is 0. The lowest BCUT2D eigenvalue weighted by Gasteiger charge is -2.72. The standard InChI is InChI=1S/C42H66O6/c1-11-12-23-47-34(43)28-24-29(37(28,4)5)35(44)48-32-17-18-39(8)30(38(32,6)7)16-19-41(10)31(39)14-13-27-33-26(25(2)3)15-20-42(33,36(45)46)22-21-40(27,41)9/h26-33H,2,11-24H2,1,3-10H3,(H,45,46)/t26-,27+,28-,29+,30-,31+,32-,33+,39-,40+,41+,42-/m0/s1. The Morgan fingerprint density at radius 3 is 2.08 bits per heavy atom. The molecule has 12 atom stereocenters. The van der Waals surface area contributed by atoms with E-state index in [0.29, 0.717) is 36.7 Å². The van der Waals surface area contributed by atoms with Crippen molar-refractivity contribution in [3.05, 3.63) is 12.2 Å². The number of rotatable bonds is 8. The smallest absolute Gasteiger partial charge is 0.309 e. The van der Waals surface area contributed by atoms with Crippen LogP contribution in [0.25, 0.3) is 0 Å². The van der Waals surface area contributed by atoms with Crippen LogP contribution < -0.4 is 0 Å². The minimum Gasteiger partial charge on any atom is -0.481 e. The normalized spacial score (nSPS) is 46.9. The van der Waals surface area contributed by atoms with E-state index in [1.54, 1.807) is 0 Å². The predicted molar refractivity (Wildman–Crippen MR) is 188 cm³/mol. The minimum atomic E-state index is -0.591. The summed E-state index contributed by atoms with van der Waals surface area (Å²) in [4.78, 5) is 39.5. The van der Waals surface area contributed by atoms with Gasteiger partial charge in [0.25, 0.3) is 0 Å². The molecule has 1 N–H and O–H groups in total. The van der Waals surface area contributed by atoms with Gasteiger partial charge in [0.05, 0.1) is 23.9 Å². The van der Waals surface area contributed by atoms with Crippen molar-refractivity contribution in [3.8, 4) is 0 Å². The average molecular weight is 667 g/mol. The zero-order valence-corrected chi connectivity index (χ0v) is 31.7. The van der Waals surface area contributed by atoms with E-state index in [9.17, 15) is 19.5 Å². The first-order valence-electron chi connectivity index (χ1n) is 19.6. The fraction of sp³-hybridized carbons (Fsp3) is 0.881. The molecule has 0 saturated heterocycles.